The van der Waals surface area contributed by atoms with Crippen molar-refractivity contribution in [3.05, 3.63) is 51.6 Å². The van der Waals surface area contributed by atoms with Crippen LogP contribution in [-0.2, 0) is 35.7 Å². The fourth-order valence-electron chi connectivity index (χ4n) is 6.13. The molecule has 5 rings (SSSR count). The van der Waals surface area contributed by atoms with Crippen molar-refractivity contribution in [3.8, 4) is 17.2 Å². The molecule has 0 spiro atoms. The van der Waals surface area contributed by atoms with Crippen LogP contribution in [0.5, 0.6) is 17.2 Å². The highest BCUT2D eigenvalue weighted by Gasteiger charge is 2.50. The number of carbonyl (C=O) groups is 4. The average molecular weight is 675 g/mol. The molecule has 0 bridgehead atoms. The summed E-state index contributed by atoms with van der Waals surface area (Å²) in [5.74, 6) is -3.12. The Morgan fingerprint density at radius 2 is 1.85 bits per heavy atom. The van der Waals surface area contributed by atoms with Crippen molar-refractivity contribution in [2.75, 3.05) is 7.11 Å². The number of phenols is 2. The number of hydrogen-bond donors (Lipinski definition) is 4. The summed E-state index contributed by atoms with van der Waals surface area (Å²) in [6, 6.07) is 2.84. The fourth-order valence-corrected chi connectivity index (χ4v) is 7.71. The minimum atomic E-state index is -2.10. The van der Waals surface area contributed by atoms with Gasteiger partial charge in [0.1, 0.15) is 29.1 Å². The minimum absolute atomic E-state index is 0.0490. The van der Waals surface area contributed by atoms with Crippen molar-refractivity contribution >= 4 is 41.2 Å². The highest BCUT2D eigenvalue weighted by Crippen LogP contribution is 2.53. The van der Waals surface area contributed by atoms with Crippen LogP contribution in [0.2, 0.25) is 0 Å². The summed E-state index contributed by atoms with van der Waals surface area (Å²) in [6.07, 6.45) is -3.58. The first-order valence-electron chi connectivity index (χ1n) is 14.7. The summed E-state index contributed by atoms with van der Waals surface area (Å²) >= 11 is 0. The van der Waals surface area contributed by atoms with Gasteiger partial charge in [0.15, 0.2) is 18.1 Å². The van der Waals surface area contributed by atoms with Crippen LogP contribution >= 0.6 is 8.02 Å². The van der Waals surface area contributed by atoms with Gasteiger partial charge in [-0.3, -0.25) is 14.4 Å². The zero-order valence-corrected chi connectivity index (χ0v) is 27.4. The number of aldehydes is 1. The summed E-state index contributed by atoms with van der Waals surface area (Å²) in [5, 5.41) is 49.2. The van der Waals surface area contributed by atoms with Gasteiger partial charge in [0.2, 0.25) is 10.9 Å². The molecule has 0 aromatic heterocycles. The van der Waals surface area contributed by atoms with E-state index in [1.165, 1.54) is 25.3 Å². The predicted molar refractivity (Wildman–Crippen MR) is 167 cm³/mol. The third kappa shape index (κ3) is 5.82. The van der Waals surface area contributed by atoms with Crippen molar-refractivity contribution in [1.82, 2.24) is 0 Å². The Morgan fingerprint density at radius 3 is 2.48 bits per heavy atom. The summed E-state index contributed by atoms with van der Waals surface area (Å²) < 4.78 is 21.3. The van der Waals surface area contributed by atoms with Crippen LogP contribution < -0.4 is 4.74 Å². The summed E-state index contributed by atoms with van der Waals surface area (Å²) in [4.78, 5) is 52.3. The van der Waals surface area contributed by atoms with Crippen molar-refractivity contribution in [2.24, 2.45) is 15.6 Å². The number of carbonyl (C=O) groups excluding carboxylic acids is 4. The van der Waals surface area contributed by atoms with E-state index in [4.69, 9.17) is 14.2 Å². The number of methoxy groups -OCH3 is 1. The molecule has 46 heavy (non-hydrogen) atoms. The minimum Gasteiger partial charge on any atom is -0.507 e. The molecule has 13 nitrogen and oxygen atoms in total. The van der Waals surface area contributed by atoms with Gasteiger partial charge >= 0.3 is 0 Å². The monoisotopic (exact) mass is 674 g/mol. The number of ether oxygens (including phenoxy) is 3. The van der Waals surface area contributed by atoms with E-state index in [-0.39, 0.29) is 51.9 Å². The SMILES string of the molecule is COc1cccc2c1C(=O)c1c(O)c3c(c(O)c1C2=O)C[C@@](O)(C(C=O)N=NS(=P)C(=O)C(C)C)C[C@@H]3OC1CCC(O)C(C)O1. The first-order chi connectivity index (χ1) is 21.7. The number of aromatic hydroxyl groups is 2. The maximum atomic E-state index is 13.9. The van der Waals surface area contributed by atoms with Gasteiger partial charge in [-0.05, 0) is 19.4 Å². The highest BCUT2D eigenvalue weighted by molar-refractivity contribution is 8.25. The lowest BCUT2D eigenvalue weighted by Gasteiger charge is -2.42. The maximum Gasteiger partial charge on any atom is 0.211 e. The molecule has 7 atom stereocenters. The molecule has 2 aromatic carbocycles. The highest BCUT2D eigenvalue weighted by atomic mass is 32.5. The van der Waals surface area contributed by atoms with Gasteiger partial charge < -0.3 is 39.4 Å². The van der Waals surface area contributed by atoms with Crippen LogP contribution in [0.1, 0.15) is 89.1 Å². The molecule has 15 heteroatoms. The first-order valence-corrected chi connectivity index (χ1v) is 17.1. The van der Waals surface area contributed by atoms with Gasteiger partial charge in [-0.15, -0.1) is 4.52 Å². The topological polar surface area (TPSA) is 202 Å². The van der Waals surface area contributed by atoms with Crippen LogP contribution in [0.4, 0.5) is 0 Å². The number of benzene rings is 2. The zero-order valence-electron chi connectivity index (χ0n) is 25.6. The molecule has 4 N–H and O–H groups in total. The Balaban J connectivity index is 1.65. The van der Waals surface area contributed by atoms with Crippen molar-refractivity contribution < 1.29 is 53.8 Å². The summed E-state index contributed by atoms with van der Waals surface area (Å²) in [5.41, 5.74) is -3.35. The van der Waals surface area contributed by atoms with Crippen molar-refractivity contribution in [1.29, 1.82) is 0 Å². The van der Waals surface area contributed by atoms with E-state index in [0.717, 1.165) is 0 Å². The van der Waals surface area contributed by atoms with E-state index >= 15 is 0 Å². The van der Waals surface area contributed by atoms with Gasteiger partial charge in [-0.2, -0.15) is 5.11 Å². The standard InChI is InChI=1S/C31H35N2O11PS/c1-13(2)30(40)46(45)33-32-20(12-34)31(41)10-16-23(19(11-31)44-21-9-8-17(35)14(3)43-21)29(39)25-24(27(16)37)26(36)15-6-5-7-18(42-4)22(15)28(25)38/h5-7,12-14,17,19-21,35,37,39,41,45H,8-11H2,1-4H3/t14?,17?,19-,20?,21?,31-,46?/m0/s1. The number of phenolic OH excluding ortho intramolecular Hbond substituents is 2. The molecule has 2 aliphatic carbocycles. The molecule has 0 saturated carbocycles. The Hall–Kier alpha value is -3.39. The number of ketones is 2. The van der Waals surface area contributed by atoms with Gasteiger partial charge in [-0.25, -0.2) is 0 Å². The Kier molecular flexibility index (Phi) is 9.61. The maximum absolute atomic E-state index is 13.9. The second kappa shape index (κ2) is 13.0. The second-order valence-electron chi connectivity index (χ2n) is 11.9. The number of aliphatic hydroxyl groups is 2. The van der Waals surface area contributed by atoms with Crippen molar-refractivity contribution in [3.63, 3.8) is 0 Å². The third-order valence-electron chi connectivity index (χ3n) is 8.62. The molecule has 3 aliphatic rings. The number of rotatable bonds is 8. The van der Waals surface area contributed by atoms with Crippen LogP contribution in [0.15, 0.2) is 27.8 Å². The van der Waals surface area contributed by atoms with Gasteiger partial charge in [0.25, 0.3) is 0 Å². The molecule has 1 heterocycles. The smallest absolute Gasteiger partial charge is 0.211 e. The number of fused-ring (bicyclic) bond motifs is 3. The molecule has 1 fully saturated rings. The van der Waals surface area contributed by atoms with Gasteiger partial charge in [-0.1, -0.05) is 34.0 Å². The Bertz CT molecular complexity index is 1680. The second-order valence-corrected chi connectivity index (χ2v) is 14.2. The Labute approximate surface area is 268 Å². The predicted octanol–water partition coefficient (Wildman–Crippen LogP) is 3.30. The molecular formula is C31H35N2O11PS. The summed E-state index contributed by atoms with van der Waals surface area (Å²) in [6.45, 7) is 5.00. The van der Waals surface area contributed by atoms with Gasteiger partial charge in [0, 0.05) is 52.1 Å². The van der Waals surface area contributed by atoms with E-state index in [0.29, 0.717) is 12.7 Å². The third-order valence-corrected chi connectivity index (χ3v) is 10.6. The normalized spacial score (nSPS) is 27.1. The number of hydrogen-bond acceptors (Lipinski definition) is 12. The first kappa shape index (κ1) is 34.0. The lowest BCUT2D eigenvalue weighted by molar-refractivity contribution is -0.244. The molecule has 1 aliphatic heterocycles. The average Bonchev–Trinajstić information content (AvgIpc) is 3.02. The Morgan fingerprint density at radius 1 is 1.15 bits per heavy atom. The molecule has 0 amide bonds. The molecule has 0 radical (unpaired) electrons. The molecule has 5 unspecified atom stereocenters. The zero-order chi connectivity index (χ0) is 33.7. The molecule has 1 saturated heterocycles. The largest absolute Gasteiger partial charge is 0.507 e. The van der Waals surface area contributed by atoms with E-state index in [1.807, 2.05) is 0 Å². The van der Waals surface area contributed by atoms with Crippen LogP contribution in [0.25, 0.3) is 0 Å². The molecule has 2 aromatic rings. The van der Waals surface area contributed by atoms with Crippen LogP contribution in [0.3, 0.4) is 0 Å². The van der Waals surface area contributed by atoms with Gasteiger partial charge in [0.05, 0.1) is 42.1 Å². The van der Waals surface area contributed by atoms with E-state index in [2.05, 4.69) is 17.6 Å². The van der Waals surface area contributed by atoms with Crippen LogP contribution in [0, 0.1) is 5.92 Å². The van der Waals surface area contributed by atoms with Crippen molar-refractivity contribution in [2.45, 2.75) is 82.7 Å². The van der Waals surface area contributed by atoms with E-state index in [9.17, 15) is 39.6 Å². The molecule has 246 valence electrons. The lowest BCUT2D eigenvalue weighted by Crippen LogP contribution is -2.49. The quantitative estimate of drug-likeness (QED) is 0.118. The van der Waals surface area contributed by atoms with E-state index in [1.54, 1.807) is 20.8 Å². The van der Waals surface area contributed by atoms with Crippen LogP contribution in [-0.4, -0.2) is 80.6 Å². The number of aliphatic hydroxyl groups excluding tert-OH is 1. The number of nitrogens with zero attached hydrogens (tertiary/aromatic N) is 2. The fraction of sp³-hybridized carbons (Fsp3) is 0.484. The molecular weight excluding hydrogens is 639 g/mol. The summed E-state index contributed by atoms with van der Waals surface area (Å²) in [7, 11) is 3.15. The van der Waals surface area contributed by atoms with E-state index < -0.39 is 87.1 Å². The lowest BCUT2D eigenvalue weighted by atomic mass is 9.71.